The average Bonchev–Trinajstić information content (AvgIpc) is 3.22. The molecule has 7 nitrogen and oxygen atoms in total. The molecule has 1 aliphatic rings. The van der Waals surface area contributed by atoms with Crippen LogP contribution in [0.15, 0.2) is 66.7 Å². The van der Waals surface area contributed by atoms with Crippen molar-refractivity contribution in [1.82, 2.24) is 20.0 Å². The van der Waals surface area contributed by atoms with Gasteiger partial charge in [0, 0.05) is 25.8 Å². The highest BCUT2D eigenvalue weighted by molar-refractivity contribution is 6.00. The van der Waals surface area contributed by atoms with Crippen molar-refractivity contribution >= 4 is 11.8 Å². The summed E-state index contributed by atoms with van der Waals surface area (Å²) in [5.74, 6) is -0.446. The normalized spacial score (nSPS) is 18.0. The molecule has 0 spiro atoms. The van der Waals surface area contributed by atoms with Gasteiger partial charge in [-0.3, -0.25) is 14.3 Å². The Hall–Kier alpha value is -3.45. The second-order valence-corrected chi connectivity index (χ2v) is 7.83. The number of fused-ring (bicyclic) bond motifs is 1. The van der Waals surface area contributed by atoms with Gasteiger partial charge in [0.15, 0.2) is 0 Å². The lowest BCUT2D eigenvalue weighted by Gasteiger charge is -2.43. The second-order valence-electron chi connectivity index (χ2n) is 7.83. The van der Waals surface area contributed by atoms with Crippen LogP contribution in [0.25, 0.3) is 11.3 Å². The molecule has 31 heavy (non-hydrogen) atoms. The first-order chi connectivity index (χ1) is 15.0. The number of rotatable bonds is 7. The van der Waals surface area contributed by atoms with Crippen LogP contribution in [-0.4, -0.2) is 52.3 Å². The lowest BCUT2D eigenvalue weighted by Crippen LogP contribution is -2.64. The van der Waals surface area contributed by atoms with Crippen molar-refractivity contribution in [2.24, 2.45) is 0 Å². The van der Waals surface area contributed by atoms with E-state index < -0.39 is 5.54 Å². The van der Waals surface area contributed by atoms with Crippen LogP contribution in [0, 0.1) is 0 Å². The summed E-state index contributed by atoms with van der Waals surface area (Å²) in [6.45, 7) is 3.10. The molecule has 1 atom stereocenters. The number of aromatic nitrogens is 2. The molecule has 2 aromatic carbocycles. The molecule has 0 saturated carbocycles. The quantitative estimate of drug-likeness (QED) is 0.640. The smallest absolute Gasteiger partial charge is 0.273 e. The van der Waals surface area contributed by atoms with Gasteiger partial charge in [0.2, 0.25) is 5.91 Å². The van der Waals surface area contributed by atoms with E-state index in [1.54, 1.807) is 29.7 Å². The zero-order chi connectivity index (χ0) is 21.8. The number of carbonyl (C=O) groups is 2. The van der Waals surface area contributed by atoms with E-state index in [2.05, 4.69) is 10.4 Å². The van der Waals surface area contributed by atoms with E-state index in [0.717, 1.165) is 11.1 Å². The van der Waals surface area contributed by atoms with Gasteiger partial charge in [0.25, 0.3) is 5.91 Å². The highest BCUT2D eigenvalue weighted by atomic mass is 16.5. The van der Waals surface area contributed by atoms with Gasteiger partial charge in [-0.05, 0) is 18.6 Å². The van der Waals surface area contributed by atoms with Crippen molar-refractivity contribution in [1.29, 1.82) is 0 Å². The number of methoxy groups -OCH3 is 1. The van der Waals surface area contributed by atoms with Gasteiger partial charge in [-0.15, -0.1) is 0 Å². The summed E-state index contributed by atoms with van der Waals surface area (Å²) in [5.41, 5.74) is 2.03. The van der Waals surface area contributed by atoms with Gasteiger partial charge in [-0.2, -0.15) is 5.10 Å². The number of carbonyl (C=O) groups excluding carboxylic acids is 2. The van der Waals surface area contributed by atoms with Crippen LogP contribution >= 0.6 is 0 Å². The van der Waals surface area contributed by atoms with Gasteiger partial charge >= 0.3 is 0 Å². The maximum absolute atomic E-state index is 13.4. The molecule has 1 aromatic heterocycles. The Labute approximate surface area is 181 Å². The first-order valence-corrected chi connectivity index (χ1v) is 10.3. The van der Waals surface area contributed by atoms with Gasteiger partial charge in [0.05, 0.1) is 18.8 Å². The fourth-order valence-corrected chi connectivity index (χ4v) is 3.89. The van der Waals surface area contributed by atoms with Crippen molar-refractivity contribution in [3.8, 4) is 11.3 Å². The van der Waals surface area contributed by atoms with E-state index in [1.165, 1.54) is 0 Å². The number of benzene rings is 2. The van der Waals surface area contributed by atoms with Crippen LogP contribution in [0.3, 0.4) is 0 Å². The lowest BCUT2D eigenvalue weighted by molar-refractivity contribution is -0.133. The number of hydrogen-bond donors (Lipinski definition) is 1. The van der Waals surface area contributed by atoms with Gasteiger partial charge < -0.3 is 15.0 Å². The second kappa shape index (κ2) is 8.73. The molecule has 1 N–H and O–H groups in total. The van der Waals surface area contributed by atoms with Crippen LogP contribution in [0.1, 0.15) is 23.0 Å². The molecule has 2 amide bonds. The van der Waals surface area contributed by atoms with Crippen LogP contribution in [-0.2, 0) is 22.6 Å². The van der Waals surface area contributed by atoms with E-state index in [4.69, 9.17) is 4.74 Å². The molecule has 2 heterocycles. The molecule has 1 aliphatic heterocycles. The third kappa shape index (κ3) is 4.09. The van der Waals surface area contributed by atoms with Crippen molar-refractivity contribution < 1.29 is 14.3 Å². The van der Waals surface area contributed by atoms with Gasteiger partial charge in [0.1, 0.15) is 11.2 Å². The van der Waals surface area contributed by atoms with Crippen LogP contribution < -0.4 is 5.32 Å². The zero-order valence-electron chi connectivity index (χ0n) is 17.7. The molecule has 4 rings (SSSR count). The minimum absolute atomic E-state index is 0.219. The molecule has 0 bridgehead atoms. The monoisotopic (exact) mass is 418 g/mol. The number of hydrogen-bond acceptors (Lipinski definition) is 4. The summed E-state index contributed by atoms with van der Waals surface area (Å²) in [6.07, 6.45) is 0. The highest BCUT2D eigenvalue weighted by Gasteiger charge is 2.47. The summed E-state index contributed by atoms with van der Waals surface area (Å²) >= 11 is 0. The SMILES string of the molecule is COCCN1C(=O)c2cc(-c3ccccc3)nn2CC1(C)C(=O)NCc1ccccc1. The topological polar surface area (TPSA) is 76.5 Å². The third-order valence-corrected chi connectivity index (χ3v) is 5.67. The molecular formula is C24H26N4O3. The molecule has 0 fully saturated rings. The first kappa shape index (κ1) is 20.8. The van der Waals surface area contributed by atoms with Gasteiger partial charge in [-0.25, -0.2) is 0 Å². The molecule has 160 valence electrons. The Morgan fingerprint density at radius 3 is 2.48 bits per heavy atom. The Kier molecular flexibility index (Phi) is 5.86. The Balaban J connectivity index is 1.64. The summed E-state index contributed by atoms with van der Waals surface area (Å²) in [5, 5.41) is 7.63. The number of amides is 2. The summed E-state index contributed by atoms with van der Waals surface area (Å²) in [4.78, 5) is 28.3. The standard InChI is InChI=1S/C24H26N4O3/c1-24(23(30)25-16-18-9-5-3-6-10-18)17-28-21(22(29)27(24)13-14-31-2)15-20(26-28)19-11-7-4-8-12-19/h3-12,15H,13-14,16-17H2,1-2H3,(H,25,30). The fourth-order valence-electron chi connectivity index (χ4n) is 3.89. The minimum Gasteiger partial charge on any atom is -0.383 e. The van der Waals surface area contributed by atoms with Crippen molar-refractivity contribution in [2.45, 2.75) is 25.6 Å². The van der Waals surface area contributed by atoms with Crippen molar-refractivity contribution in [3.05, 3.63) is 78.0 Å². The molecule has 0 radical (unpaired) electrons. The molecular weight excluding hydrogens is 392 g/mol. The summed E-state index contributed by atoms with van der Waals surface area (Å²) < 4.78 is 6.86. The Morgan fingerprint density at radius 2 is 1.81 bits per heavy atom. The van der Waals surface area contributed by atoms with Crippen molar-refractivity contribution in [3.63, 3.8) is 0 Å². The zero-order valence-corrected chi connectivity index (χ0v) is 17.7. The molecule has 0 saturated heterocycles. The molecule has 3 aromatic rings. The maximum atomic E-state index is 13.4. The van der Waals surface area contributed by atoms with Gasteiger partial charge in [-0.1, -0.05) is 60.7 Å². The molecule has 7 heteroatoms. The third-order valence-electron chi connectivity index (χ3n) is 5.67. The fraction of sp³-hybridized carbons (Fsp3) is 0.292. The highest BCUT2D eigenvalue weighted by Crippen LogP contribution is 2.30. The first-order valence-electron chi connectivity index (χ1n) is 10.3. The van der Waals surface area contributed by atoms with E-state index in [-0.39, 0.29) is 18.4 Å². The van der Waals surface area contributed by atoms with Crippen LogP contribution in [0.2, 0.25) is 0 Å². The average molecular weight is 418 g/mol. The number of nitrogens with one attached hydrogen (secondary N) is 1. The maximum Gasteiger partial charge on any atom is 0.273 e. The van der Waals surface area contributed by atoms with E-state index in [0.29, 0.717) is 31.1 Å². The van der Waals surface area contributed by atoms with Crippen LogP contribution in [0.4, 0.5) is 0 Å². The molecule has 0 aliphatic carbocycles. The lowest BCUT2D eigenvalue weighted by atomic mass is 9.94. The Morgan fingerprint density at radius 1 is 1.13 bits per heavy atom. The predicted molar refractivity (Wildman–Crippen MR) is 117 cm³/mol. The summed E-state index contributed by atoms with van der Waals surface area (Å²) in [7, 11) is 1.58. The van der Waals surface area contributed by atoms with Crippen LogP contribution in [0.5, 0.6) is 0 Å². The van der Waals surface area contributed by atoms with E-state index in [9.17, 15) is 9.59 Å². The van der Waals surface area contributed by atoms with E-state index in [1.807, 2.05) is 60.7 Å². The largest absolute Gasteiger partial charge is 0.383 e. The number of ether oxygens (including phenoxy) is 1. The minimum atomic E-state index is -1.09. The van der Waals surface area contributed by atoms with E-state index >= 15 is 0 Å². The molecule has 1 unspecified atom stereocenters. The van der Waals surface area contributed by atoms with Crippen molar-refractivity contribution in [2.75, 3.05) is 20.3 Å². The Bertz CT molecular complexity index is 1060. The summed E-state index contributed by atoms with van der Waals surface area (Å²) in [6, 6.07) is 21.2. The number of nitrogens with zero attached hydrogens (tertiary/aromatic N) is 3. The predicted octanol–water partition coefficient (Wildman–Crippen LogP) is 2.73.